The van der Waals surface area contributed by atoms with E-state index >= 15 is 0 Å². The molecule has 5 nitrogen and oxygen atoms in total. The summed E-state index contributed by atoms with van der Waals surface area (Å²) in [6.07, 6.45) is 3.44. The quantitative estimate of drug-likeness (QED) is 0.722. The largest absolute Gasteiger partial charge is 0.493 e. The average molecular weight is 353 g/mol. The van der Waals surface area contributed by atoms with E-state index in [2.05, 4.69) is 4.98 Å². The van der Waals surface area contributed by atoms with E-state index in [-0.39, 0.29) is 17.5 Å². The van der Waals surface area contributed by atoms with Crippen LogP contribution in [0.2, 0.25) is 0 Å². The SMILES string of the molecule is O=C(c1nc2ccccn2c1F)N1CCC[C@@H](COc2ccccc2)C1. The molecule has 4 rings (SSSR count). The summed E-state index contributed by atoms with van der Waals surface area (Å²) in [5, 5.41) is 0. The Kier molecular flexibility index (Phi) is 4.56. The molecular weight excluding hydrogens is 333 g/mol. The number of rotatable bonds is 4. The van der Waals surface area contributed by atoms with Crippen LogP contribution in [0.3, 0.4) is 0 Å². The number of carbonyl (C=O) groups is 1. The van der Waals surface area contributed by atoms with Gasteiger partial charge < -0.3 is 9.64 Å². The molecule has 1 aliphatic rings. The average Bonchev–Trinajstić information content (AvgIpc) is 3.04. The van der Waals surface area contributed by atoms with Gasteiger partial charge in [0, 0.05) is 25.2 Å². The second-order valence-corrected chi connectivity index (χ2v) is 6.56. The van der Waals surface area contributed by atoms with Crippen LogP contribution in [0.5, 0.6) is 5.75 Å². The van der Waals surface area contributed by atoms with Gasteiger partial charge in [-0.05, 0) is 37.1 Å². The minimum atomic E-state index is -0.603. The van der Waals surface area contributed by atoms with Crippen molar-refractivity contribution >= 4 is 11.6 Å². The molecule has 1 amide bonds. The van der Waals surface area contributed by atoms with Crippen molar-refractivity contribution in [2.24, 2.45) is 5.92 Å². The van der Waals surface area contributed by atoms with Gasteiger partial charge in [-0.1, -0.05) is 24.3 Å². The molecular formula is C20H20FN3O2. The highest BCUT2D eigenvalue weighted by Crippen LogP contribution is 2.21. The molecule has 0 aliphatic carbocycles. The van der Waals surface area contributed by atoms with Gasteiger partial charge in [-0.25, -0.2) is 4.98 Å². The van der Waals surface area contributed by atoms with Crippen LogP contribution < -0.4 is 4.74 Å². The Labute approximate surface area is 151 Å². The van der Waals surface area contributed by atoms with E-state index in [0.717, 1.165) is 18.6 Å². The molecule has 134 valence electrons. The number of ether oxygens (including phenoxy) is 1. The minimum Gasteiger partial charge on any atom is -0.493 e. The van der Waals surface area contributed by atoms with E-state index < -0.39 is 5.95 Å². The molecule has 1 atom stereocenters. The summed E-state index contributed by atoms with van der Waals surface area (Å²) in [4.78, 5) is 18.6. The highest BCUT2D eigenvalue weighted by atomic mass is 19.1. The number of carbonyl (C=O) groups excluding carboxylic acids is 1. The highest BCUT2D eigenvalue weighted by Gasteiger charge is 2.29. The number of hydrogen-bond acceptors (Lipinski definition) is 3. The smallest absolute Gasteiger partial charge is 0.277 e. The number of hydrogen-bond donors (Lipinski definition) is 0. The van der Waals surface area contributed by atoms with Crippen molar-refractivity contribution in [3.8, 4) is 5.75 Å². The topological polar surface area (TPSA) is 46.8 Å². The first kappa shape index (κ1) is 16.6. The Bertz CT molecular complexity index is 910. The van der Waals surface area contributed by atoms with Crippen molar-refractivity contribution < 1.29 is 13.9 Å². The van der Waals surface area contributed by atoms with Crippen LogP contribution in [0.25, 0.3) is 5.65 Å². The number of imidazole rings is 1. The molecule has 1 fully saturated rings. The van der Waals surface area contributed by atoms with Gasteiger partial charge in [0.05, 0.1) is 6.61 Å². The van der Waals surface area contributed by atoms with E-state index in [1.807, 2.05) is 30.3 Å². The Morgan fingerprint density at radius 3 is 2.81 bits per heavy atom. The number of aromatic nitrogens is 2. The number of piperidine rings is 1. The van der Waals surface area contributed by atoms with Crippen LogP contribution in [0, 0.1) is 11.9 Å². The number of fused-ring (bicyclic) bond motifs is 1. The zero-order valence-corrected chi connectivity index (χ0v) is 14.3. The van der Waals surface area contributed by atoms with Gasteiger partial charge in [-0.3, -0.25) is 9.20 Å². The fraction of sp³-hybridized carbons (Fsp3) is 0.300. The van der Waals surface area contributed by atoms with E-state index in [0.29, 0.717) is 25.3 Å². The van der Waals surface area contributed by atoms with Crippen molar-refractivity contribution in [1.29, 1.82) is 0 Å². The Morgan fingerprint density at radius 1 is 1.19 bits per heavy atom. The lowest BCUT2D eigenvalue weighted by Gasteiger charge is -2.32. The van der Waals surface area contributed by atoms with E-state index in [9.17, 15) is 9.18 Å². The Morgan fingerprint density at radius 2 is 2.00 bits per heavy atom. The zero-order chi connectivity index (χ0) is 17.9. The van der Waals surface area contributed by atoms with E-state index in [1.165, 1.54) is 4.40 Å². The van der Waals surface area contributed by atoms with Crippen molar-refractivity contribution in [3.63, 3.8) is 0 Å². The molecule has 26 heavy (non-hydrogen) atoms. The molecule has 3 heterocycles. The summed E-state index contributed by atoms with van der Waals surface area (Å²) in [5.74, 6) is 0.0965. The third-order valence-electron chi connectivity index (χ3n) is 4.71. The number of para-hydroxylation sites is 1. The van der Waals surface area contributed by atoms with Gasteiger partial charge in [-0.2, -0.15) is 4.39 Å². The summed E-state index contributed by atoms with van der Waals surface area (Å²) in [6, 6.07) is 14.8. The van der Waals surface area contributed by atoms with Crippen LogP contribution in [-0.2, 0) is 0 Å². The highest BCUT2D eigenvalue weighted by molar-refractivity contribution is 5.93. The molecule has 1 aromatic carbocycles. The number of amides is 1. The monoisotopic (exact) mass is 353 g/mol. The number of halogens is 1. The van der Waals surface area contributed by atoms with Crippen molar-refractivity contribution in [1.82, 2.24) is 14.3 Å². The van der Waals surface area contributed by atoms with Crippen LogP contribution in [-0.4, -0.2) is 39.9 Å². The van der Waals surface area contributed by atoms with Gasteiger partial charge in [0.25, 0.3) is 5.91 Å². The van der Waals surface area contributed by atoms with Crippen LogP contribution in [0.15, 0.2) is 54.7 Å². The first-order valence-electron chi connectivity index (χ1n) is 8.82. The fourth-order valence-corrected chi connectivity index (χ4v) is 3.37. The molecule has 0 unspecified atom stereocenters. The molecule has 0 saturated carbocycles. The summed E-state index contributed by atoms with van der Waals surface area (Å²) in [5.41, 5.74) is 0.329. The Hall–Kier alpha value is -2.89. The predicted molar refractivity (Wildman–Crippen MR) is 95.7 cm³/mol. The third kappa shape index (κ3) is 3.27. The maximum Gasteiger partial charge on any atom is 0.277 e. The third-order valence-corrected chi connectivity index (χ3v) is 4.71. The lowest BCUT2D eigenvalue weighted by molar-refractivity contribution is 0.0623. The zero-order valence-electron chi connectivity index (χ0n) is 14.3. The van der Waals surface area contributed by atoms with Crippen molar-refractivity contribution in [2.45, 2.75) is 12.8 Å². The van der Waals surface area contributed by atoms with Crippen LogP contribution in [0.1, 0.15) is 23.3 Å². The number of benzene rings is 1. The molecule has 2 aromatic heterocycles. The van der Waals surface area contributed by atoms with E-state index in [1.54, 1.807) is 29.3 Å². The molecule has 3 aromatic rings. The van der Waals surface area contributed by atoms with Gasteiger partial charge in [0.1, 0.15) is 11.4 Å². The maximum atomic E-state index is 14.5. The maximum absolute atomic E-state index is 14.5. The van der Waals surface area contributed by atoms with E-state index in [4.69, 9.17) is 4.74 Å². The van der Waals surface area contributed by atoms with Crippen LogP contribution >= 0.6 is 0 Å². The molecule has 0 N–H and O–H groups in total. The van der Waals surface area contributed by atoms with Crippen molar-refractivity contribution in [2.75, 3.05) is 19.7 Å². The number of likely N-dealkylation sites (tertiary alicyclic amines) is 1. The predicted octanol–water partition coefficient (Wildman–Crippen LogP) is 3.40. The second kappa shape index (κ2) is 7.15. The minimum absolute atomic E-state index is 0.110. The summed E-state index contributed by atoms with van der Waals surface area (Å²) in [6.45, 7) is 1.72. The Balaban J connectivity index is 1.45. The first-order valence-corrected chi connectivity index (χ1v) is 8.82. The molecule has 6 heteroatoms. The molecule has 0 radical (unpaired) electrons. The fourth-order valence-electron chi connectivity index (χ4n) is 3.37. The molecule has 0 bridgehead atoms. The summed E-state index contributed by atoms with van der Waals surface area (Å²) < 4.78 is 21.6. The standard InChI is InChI=1S/C20H20FN3O2/c21-19-18(22-17-10-4-5-12-24(17)19)20(25)23-11-6-7-15(13-23)14-26-16-8-2-1-3-9-16/h1-5,8-10,12,15H,6-7,11,13-14H2/t15-/m1/s1. The lowest BCUT2D eigenvalue weighted by atomic mass is 9.98. The summed E-state index contributed by atoms with van der Waals surface area (Å²) in [7, 11) is 0. The number of nitrogens with zero attached hydrogens (tertiary/aromatic N) is 3. The molecule has 1 aliphatic heterocycles. The normalized spacial score (nSPS) is 17.4. The summed E-state index contributed by atoms with van der Waals surface area (Å²) >= 11 is 0. The van der Waals surface area contributed by atoms with Gasteiger partial charge in [0.2, 0.25) is 5.95 Å². The van der Waals surface area contributed by atoms with Gasteiger partial charge in [-0.15, -0.1) is 0 Å². The second-order valence-electron chi connectivity index (χ2n) is 6.56. The molecule has 1 saturated heterocycles. The van der Waals surface area contributed by atoms with Gasteiger partial charge >= 0.3 is 0 Å². The first-order chi connectivity index (χ1) is 12.7. The lowest BCUT2D eigenvalue weighted by Crippen LogP contribution is -2.42. The number of pyridine rings is 1. The van der Waals surface area contributed by atoms with Gasteiger partial charge in [0.15, 0.2) is 5.69 Å². The van der Waals surface area contributed by atoms with Crippen LogP contribution in [0.4, 0.5) is 4.39 Å². The van der Waals surface area contributed by atoms with Crippen molar-refractivity contribution in [3.05, 3.63) is 66.4 Å². The molecule has 0 spiro atoms.